The molecule has 0 atom stereocenters. The highest BCUT2D eigenvalue weighted by Gasteiger charge is 2.01. The predicted octanol–water partition coefficient (Wildman–Crippen LogP) is 3.36. The molecule has 1 nitrogen and oxygen atoms in total. The summed E-state index contributed by atoms with van der Waals surface area (Å²) >= 11 is 11.9. The first-order valence-corrected chi connectivity index (χ1v) is 4.72. The fourth-order valence-corrected chi connectivity index (χ4v) is 1.46. The lowest BCUT2D eigenvalue weighted by atomic mass is 10.1. The molecule has 0 bridgehead atoms. The highest BCUT2D eigenvalue weighted by Crippen LogP contribution is 2.26. The first-order valence-electron chi connectivity index (χ1n) is 3.96. The van der Waals surface area contributed by atoms with Crippen molar-refractivity contribution in [3.63, 3.8) is 0 Å². The fraction of sp³-hybridized carbons (Fsp3) is 0.200. The van der Waals surface area contributed by atoms with Crippen molar-refractivity contribution in [3.05, 3.63) is 39.4 Å². The van der Waals surface area contributed by atoms with Crippen LogP contribution in [-0.2, 0) is 0 Å². The molecule has 70 valence electrons. The minimum absolute atomic E-state index is 0.515. The van der Waals surface area contributed by atoms with Crippen LogP contribution in [0.5, 0.6) is 0 Å². The van der Waals surface area contributed by atoms with Gasteiger partial charge in [-0.3, -0.25) is 0 Å². The summed E-state index contributed by atoms with van der Waals surface area (Å²) in [6.07, 6.45) is 1.91. The number of hydrogen-bond donors (Lipinski definition) is 1. The Morgan fingerprint density at radius 2 is 1.92 bits per heavy atom. The van der Waals surface area contributed by atoms with Crippen LogP contribution in [0.25, 0.3) is 6.08 Å². The third-order valence-corrected chi connectivity index (χ3v) is 2.37. The summed E-state index contributed by atoms with van der Waals surface area (Å²) in [6.45, 7) is 2.46. The minimum Gasteiger partial charge on any atom is -0.327 e. The number of hydrogen-bond acceptors (Lipinski definition) is 1. The zero-order valence-corrected chi connectivity index (χ0v) is 8.86. The Morgan fingerprint density at radius 1 is 1.38 bits per heavy atom. The molecule has 0 heterocycles. The van der Waals surface area contributed by atoms with E-state index in [0.717, 1.165) is 11.1 Å². The molecule has 1 aromatic carbocycles. The molecule has 0 aliphatic carbocycles. The molecule has 0 aliphatic heterocycles. The van der Waals surface area contributed by atoms with Crippen molar-refractivity contribution in [2.45, 2.75) is 6.92 Å². The largest absolute Gasteiger partial charge is 0.327 e. The Kier molecular flexibility index (Phi) is 3.79. The topological polar surface area (TPSA) is 26.0 Å². The molecule has 0 aromatic heterocycles. The molecule has 0 saturated heterocycles. The van der Waals surface area contributed by atoms with Gasteiger partial charge in [0.25, 0.3) is 0 Å². The SMILES string of the molecule is CC(=Cc1c(Cl)cccc1Cl)CN. The van der Waals surface area contributed by atoms with Gasteiger partial charge in [0.1, 0.15) is 0 Å². The summed E-state index contributed by atoms with van der Waals surface area (Å²) in [6, 6.07) is 5.44. The van der Waals surface area contributed by atoms with Gasteiger partial charge >= 0.3 is 0 Å². The number of benzene rings is 1. The summed E-state index contributed by atoms with van der Waals surface area (Å²) in [4.78, 5) is 0. The van der Waals surface area contributed by atoms with Crippen LogP contribution in [0, 0.1) is 0 Å². The van der Waals surface area contributed by atoms with E-state index in [-0.39, 0.29) is 0 Å². The van der Waals surface area contributed by atoms with Gasteiger partial charge in [-0.2, -0.15) is 0 Å². The maximum absolute atomic E-state index is 5.96. The maximum Gasteiger partial charge on any atom is 0.0493 e. The lowest BCUT2D eigenvalue weighted by Crippen LogP contribution is -1.99. The Bertz CT molecular complexity index is 311. The molecular weight excluding hydrogens is 205 g/mol. The first kappa shape index (κ1) is 10.6. The first-order chi connectivity index (χ1) is 6.15. The highest BCUT2D eigenvalue weighted by molar-refractivity contribution is 6.37. The minimum atomic E-state index is 0.515. The Balaban J connectivity index is 3.14. The molecular formula is C10H11Cl2N. The Labute approximate surface area is 88.1 Å². The van der Waals surface area contributed by atoms with E-state index in [2.05, 4.69) is 0 Å². The van der Waals surface area contributed by atoms with Gasteiger partial charge in [-0.15, -0.1) is 0 Å². The average Bonchev–Trinajstić information content (AvgIpc) is 2.11. The third-order valence-electron chi connectivity index (χ3n) is 1.71. The van der Waals surface area contributed by atoms with Crippen molar-refractivity contribution < 1.29 is 0 Å². The third kappa shape index (κ3) is 2.73. The van der Waals surface area contributed by atoms with Crippen LogP contribution in [0.2, 0.25) is 10.0 Å². The summed E-state index contributed by atoms with van der Waals surface area (Å²) in [5.74, 6) is 0. The van der Waals surface area contributed by atoms with Gasteiger partial charge in [-0.25, -0.2) is 0 Å². The van der Waals surface area contributed by atoms with Crippen LogP contribution in [0.15, 0.2) is 23.8 Å². The molecule has 0 amide bonds. The van der Waals surface area contributed by atoms with Crippen molar-refractivity contribution in [1.82, 2.24) is 0 Å². The van der Waals surface area contributed by atoms with E-state index >= 15 is 0 Å². The smallest absolute Gasteiger partial charge is 0.0493 e. The van der Waals surface area contributed by atoms with E-state index in [1.807, 2.05) is 31.2 Å². The van der Waals surface area contributed by atoms with Gasteiger partial charge in [0.05, 0.1) is 0 Å². The quantitative estimate of drug-likeness (QED) is 0.805. The Morgan fingerprint density at radius 3 is 2.38 bits per heavy atom. The number of rotatable bonds is 2. The van der Waals surface area contributed by atoms with Crippen molar-refractivity contribution in [1.29, 1.82) is 0 Å². The molecule has 1 rings (SSSR count). The second-order valence-electron chi connectivity index (χ2n) is 2.83. The van der Waals surface area contributed by atoms with Crippen molar-refractivity contribution in [2.75, 3.05) is 6.54 Å². The number of nitrogens with two attached hydrogens (primary N) is 1. The molecule has 0 saturated carbocycles. The molecule has 0 spiro atoms. The molecule has 0 aliphatic rings. The van der Waals surface area contributed by atoms with E-state index in [4.69, 9.17) is 28.9 Å². The molecule has 0 radical (unpaired) electrons. The average molecular weight is 216 g/mol. The second-order valence-corrected chi connectivity index (χ2v) is 3.64. The van der Waals surface area contributed by atoms with Crippen LogP contribution < -0.4 is 5.73 Å². The zero-order chi connectivity index (χ0) is 9.84. The molecule has 0 fully saturated rings. The van der Waals surface area contributed by atoms with E-state index in [1.54, 1.807) is 0 Å². The predicted molar refractivity (Wildman–Crippen MR) is 59.2 cm³/mol. The standard InChI is InChI=1S/C10H11Cl2N/c1-7(6-13)5-8-9(11)3-2-4-10(8)12/h2-5H,6,13H2,1H3. The van der Waals surface area contributed by atoms with Gasteiger partial charge < -0.3 is 5.73 Å². The van der Waals surface area contributed by atoms with Gasteiger partial charge in [-0.05, 0) is 19.1 Å². The van der Waals surface area contributed by atoms with Crippen LogP contribution in [0.3, 0.4) is 0 Å². The summed E-state index contributed by atoms with van der Waals surface area (Å²) in [7, 11) is 0. The molecule has 0 unspecified atom stereocenters. The summed E-state index contributed by atoms with van der Waals surface area (Å²) < 4.78 is 0. The van der Waals surface area contributed by atoms with E-state index < -0.39 is 0 Å². The van der Waals surface area contributed by atoms with E-state index in [9.17, 15) is 0 Å². The molecule has 13 heavy (non-hydrogen) atoms. The van der Waals surface area contributed by atoms with E-state index in [0.29, 0.717) is 16.6 Å². The fourth-order valence-electron chi connectivity index (χ4n) is 0.954. The lowest BCUT2D eigenvalue weighted by molar-refractivity contribution is 1.15. The summed E-state index contributed by atoms with van der Waals surface area (Å²) in [5.41, 5.74) is 7.36. The Hall–Kier alpha value is -0.500. The maximum atomic E-state index is 5.96. The molecule has 1 aromatic rings. The van der Waals surface area contributed by atoms with Crippen LogP contribution in [-0.4, -0.2) is 6.54 Å². The van der Waals surface area contributed by atoms with Gasteiger partial charge in [0.2, 0.25) is 0 Å². The molecule has 2 N–H and O–H groups in total. The van der Waals surface area contributed by atoms with Gasteiger partial charge in [0, 0.05) is 22.2 Å². The van der Waals surface area contributed by atoms with Crippen LogP contribution in [0.1, 0.15) is 12.5 Å². The summed E-state index contributed by atoms with van der Waals surface area (Å²) in [5, 5.41) is 1.31. The van der Waals surface area contributed by atoms with E-state index in [1.165, 1.54) is 0 Å². The molecule has 3 heteroatoms. The van der Waals surface area contributed by atoms with Gasteiger partial charge in [0.15, 0.2) is 0 Å². The van der Waals surface area contributed by atoms with Gasteiger partial charge in [-0.1, -0.05) is 40.9 Å². The zero-order valence-electron chi connectivity index (χ0n) is 7.35. The van der Waals surface area contributed by atoms with Crippen molar-refractivity contribution in [3.8, 4) is 0 Å². The highest BCUT2D eigenvalue weighted by atomic mass is 35.5. The van der Waals surface area contributed by atoms with Crippen LogP contribution in [0.4, 0.5) is 0 Å². The number of halogens is 2. The lowest BCUT2D eigenvalue weighted by Gasteiger charge is -2.02. The van der Waals surface area contributed by atoms with Crippen molar-refractivity contribution in [2.24, 2.45) is 5.73 Å². The van der Waals surface area contributed by atoms with Crippen LogP contribution >= 0.6 is 23.2 Å². The monoisotopic (exact) mass is 215 g/mol. The normalized spacial score (nSPS) is 11.8. The second kappa shape index (κ2) is 4.66. The van der Waals surface area contributed by atoms with Crippen molar-refractivity contribution >= 4 is 29.3 Å².